The van der Waals surface area contributed by atoms with Crippen molar-refractivity contribution in [2.75, 3.05) is 0 Å². The van der Waals surface area contributed by atoms with Crippen molar-refractivity contribution in [3.63, 3.8) is 0 Å². The molecule has 1 aromatic heterocycles. The summed E-state index contributed by atoms with van der Waals surface area (Å²) >= 11 is 4.48. The Morgan fingerprint density at radius 3 is 2.50 bits per heavy atom. The minimum Gasteiger partial charge on any atom is -0.206 e. The molecule has 3 nitrogen and oxygen atoms in total. The fraction of sp³-hybridized carbons (Fsp3) is 0.600. The van der Waals surface area contributed by atoms with Gasteiger partial charge in [-0.15, -0.1) is 11.3 Å². The van der Waals surface area contributed by atoms with Gasteiger partial charge in [0.15, 0.2) is 0 Å². The van der Waals surface area contributed by atoms with Gasteiger partial charge in [0, 0.05) is 5.54 Å². The highest BCUT2D eigenvalue weighted by Crippen LogP contribution is 2.27. The zero-order chi connectivity index (χ0) is 12.4. The van der Waals surface area contributed by atoms with E-state index in [0.717, 1.165) is 16.6 Å². The molecule has 0 saturated heterocycles. The molecular weight excluding hydrogens is 310 g/mol. The Balaban J connectivity index is 2.88. The topological polar surface area (TPSA) is 46.2 Å². The van der Waals surface area contributed by atoms with Crippen LogP contribution in [0.1, 0.15) is 33.6 Å². The third-order valence-corrected chi connectivity index (χ3v) is 5.91. The fourth-order valence-corrected chi connectivity index (χ4v) is 4.98. The minimum atomic E-state index is -3.38. The van der Waals surface area contributed by atoms with E-state index < -0.39 is 15.6 Å². The fourth-order valence-electron chi connectivity index (χ4n) is 1.53. The van der Waals surface area contributed by atoms with Crippen LogP contribution in [0.2, 0.25) is 0 Å². The Labute approximate surface area is 109 Å². The Hall–Kier alpha value is 0.0900. The lowest BCUT2D eigenvalue weighted by Crippen LogP contribution is -2.42. The van der Waals surface area contributed by atoms with E-state index in [-0.39, 0.29) is 0 Å². The van der Waals surface area contributed by atoms with Gasteiger partial charge in [-0.25, -0.2) is 13.1 Å². The molecule has 0 bridgehead atoms. The molecule has 0 amide bonds. The van der Waals surface area contributed by atoms with Gasteiger partial charge in [0.2, 0.25) is 0 Å². The summed E-state index contributed by atoms with van der Waals surface area (Å²) in [6, 6.07) is 3.35. The molecule has 16 heavy (non-hydrogen) atoms. The van der Waals surface area contributed by atoms with Crippen molar-refractivity contribution >= 4 is 37.3 Å². The molecule has 0 radical (unpaired) electrons. The third-order valence-electron chi connectivity index (χ3n) is 2.10. The SMILES string of the molecule is CCCC(C)(C)NS(=O)(=O)c1ccc(Br)s1. The van der Waals surface area contributed by atoms with E-state index in [1.807, 2.05) is 20.8 Å². The highest BCUT2D eigenvalue weighted by Gasteiger charge is 2.26. The summed E-state index contributed by atoms with van der Waals surface area (Å²) < 4.78 is 27.9. The lowest BCUT2D eigenvalue weighted by atomic mass is 10.0. The van der Waals surface area contributed by atoms with Crippen LogP contribution in [0.5, 0.6) is 0 Å². The van der Waals surface area contributed by atoms with Crippen LogP contribution in [0.3, 0.4) is 0 Å². The van der Waals surface area contributed by atoms with Gasteiger partial charge in [-0.1, -0.05) is 13.3 Å². The highest BCUT2D eigenvalue weighted by atomic mass is 79.9. The van der Waals surface area contributed by atoms with Gasteiger partial charge in [-0.2, -0.15) is 0 Å². The summed E-state index contributed by atoms with van der Waals surface area (Å²) in [6.45, 7) is 5.84. The van der Waals surface area contributed by atoms with E-state index >= 15 is 0 Å². The predicted octanol–water partition coefficient (Wildman–Crippen LogP) is 3.37. The second-order valence-corrected chi connectivity index (χ2v) is 8.67. The molecule has 0 aliphatic heterocycles. The van der Waals surface area contributed by atoms with Crippen molar-refractivity contribution < 1.29 is 8.42 Å². The van der Waals surface area contributed by atoms with E-state index in [1.165, 1.54) is 11.3 Å². The molecule has 6 heteroatoms. The average molecular weight is 326 g/mol. The molecule has 1 rings (SSSR count). The number of hydrogen-bond acceptors (Lipinski definition) is 3. The number of halogens is 1. The first-order valence-electron chi connectivity index (χ1n) is 5.06. The number of thiophene rings is 1. The Morgan fingerprint density at radius 2 is 2.06 bits per heavy atom. The van der Waals surface area contributed by atoms with Crippen molar-refractivity contribution in [2.45, 2.75) is 43.4 Å². The minimum absolute atomic E-state index is 0.351. The molecule has 0 unspecified atom stereocenters. The first-order chi connectivity index (χ1) is 7.27. The van der Waals surface area contributed by atoms with Crippen LogP contribution in [-0.2, 0) is 10.0 Å². The van der Waals surface area contributed by atoms with Crippen LogP contribution in [0.15, 0.2) is 20.1 Å². The first kappa shape index (κ1) is 14.2. The molecule has 92 valence electrons. The summed E-state index contributed by atoms with van der Waals surface area (Å²) in [4.78, 5) is 0. The van der Waals surface area contributed by atoms with Crippen LogP contribution in [0, 0.1) is 0 Å². The van der Waals surface area contributed by atoms with Gasteiger partial charge >= 0.3 is 0 Å². The summed E-state index contributed by atoms with van der Waals surface area (Å²) in [7, 11) is -3.38. The molecule has 0 fully saturated rings. The van der Waals surface area contributed by atoms with Crippen molar-refractivity contribution in [3.05, 3.63) is 15.9 Å². The van der Waals surface area contributed by atoms with E-state index in [2.05, 4.69) is 20.7 Å². The van der Waals surface area contributed by atoms with Gasteiger partial charge in [0.25, 0.3) is 10.0 Å². The van der Waals surface area contributed by atoms with Crippen LogP contribution < -0.4 is 4.72 Å². The van der Waals surface area contributed by atoms with Crippen LogP contribution in [0.25, 0.3) is 0 Å². The lowest BCUT2D eigenvalue weighted by molar-refractivity contribution is 0.418. The number of rotatable bonds is 5. The predicted molar refractivity (Wildman–Crippen MR) is 71.3 cm³/mol. The molecule has 0 saturated carbocycles. The Morgan fingerprint density at radius 1 is 1.44 bits per heavy atom. The van der Waals surface area contributed by atoms with Gasteiger partial charge in [-0.3, -0.25) is 0 Å². The van der Waals surface area contributed by atoms with Crippen LogP contribution in [0.4, 0.5) is 0 Å². The molecule has 0 atom stereocenters. The molecule has 0 aliphatic rings. The zero-order valence-corrected chi connectivity index (χ0v) is 12.8. The number of nitrogens with one attached hydrogen (secondary N) is 1. The molecule has 1 N–H and O–H groups in total. The summed E-state index contributed by atoms with van der Waals surface area (Å²) in [5.74, 6) is 0. The Bertz CT molecular complexity index is 451. The lowest BCUT2D eigenvalue weighted by Gasteiger charge is -2.24. The molecule has 0 aliphatic carbocycles. The van der Waals surface area contributed by atoms with Gasteiger partial charge < -0.3 is 0 Å². The first-order valence-corrected chi connectivity index (χ1v) is 8.15. The molecular formula is C10H16BrNO2S2. The van der Waals surface area contributed by atoms with E-state index in [1.54, 1.807) is 12.1 Å². The molecule has 1 heterocycles. The number of hydrogen-bond donors (Lipinski definition) is 1. The summed E-state index contributed by atoms with van der Waals surface area (Å²) in [5.41, 5.74) is -0.399. The van der Waals surface area contributed by atoms with Crippen LogP contribution >= 0.6 is 27.3 Å². The largest absolute Gasteiger partial charge is 0.250 e. The normalized spacial score (nSPS) is 13.0. The second kappa shape index (κ2) is 5.16. The van der Waals surface area contributed by atoms with Crippen LogP contribution in [-0.4, -0.2) is 14.0 Å². The molecule has 0 spiro atoms. The van der Waals surface area contributed by atoms with Gasteiger partial charge in [-0.05, 0) is 48.3 Å². The van der Waals surface area contributed by atoms with Crippen molar-refractivity contribution in [1.82, 2.24) is 4.72 Å². The van der Waals surface area contributed by atoms with E-state index in [9.17, 15) is 8.42 Å². The monoisotopic (exact) mass is 325 g/mol. The molecule has 0 aromatic carbocycles. The van der Waals surface area contributed by atoms with E-state index in [4.69, 9.17) is 0 Å². The highest BCUT2D eigenvalue weighted by molar-refractivity contribution is 9.11. The summed E-state index contributed by atoms with van der Waals surface area (Å²) in [6.07, 6.45) is 1.77. The van der Waals surface area contributed by atoms with Gasteiger partial charge in [0.05, 0.1) is 3.79 Å². The van der Waals surface area contributed by atoms with Crippen molar-refractivity contribution in [3.8, 4) is 0 Å². The van der Waals surface area contributed by atoms with E-state index in [0.29, 0.717) is 4.21 Å². The smallest absolute Gasteiger partial charge is 0.206 e. The maximum Gasteiger partial charge on any atom is 0.250 e. The molecule has 1 aromatic rings. The van der Waals surface area contributed by atoms with Gasteiger partial charge in [0.1, 0.15) is 4.21 Å². The maximum atomic E-state index is 12.0. The average Bonchev–Trinajstić information content (AvgIpc) is 2.49. The zero-order valence-electron chi connectivity index (χ0n) is 9.58. The quantitative estimate of drug-likeness (QED) is 0.902. The van der Waals surface area contributed by atoms with Crippen molar-refractivity contribution in [2.24, 2.45) is 0 Å². The van der Waals surface area contributed by atoms with Crippen molar-refractivity contribution in [1.29, 1.82) is 0 Å². The summed E-state index contributed by atoms with van der Waals surface area (Å²) in [5, 5.41) is 0. The Kier molecular flexibility index (Phi) is 4.57. The third kappa shape index (κ3) is 3.84. The standard InChI is InChI=1S/C10H16BrNO2S2/c1-4-7-10(2,3)12-16(13,14)9-6-5-8(11)15-9/h5-6,12H,4,7H2,1-3H3. The maximum absolute atomic E-state index is 12.0. The number of sulfonamides is 1. The second-order valence-electron chi connectivity index (χ2n) is 4.30.